The van der Waals surface area contributed by atoms with Gasteiger partial charge in [-0.15, -0.1) is 0 Å². The third-order valence-electron chi connectivity index (χ3n) is 4.76. The average Bonchev–Trinajstić information content (AvgIpc) is 2.23. The summed E-state index contributed by atoms with van der Waals surface area (Å²) in [7, 11) is 0. The van der Waals surface area contributed by atoms with Crippen molar-refractivity contribution in [3.05, 3.63) is 0 Å². The molecular formula is C16H33N. The Labute approximate surface area is 109 Å². The first kappa shape index (κ1) is 15.0. The molecular weight excluding hydrogens is 206 g/mol. The molecule has 17 heavy (non-hydrogen) atoms. The fourth-order valence-corrected chi connectivity index (χ4v) is 3.94. The van der Waals surface area contributed by atoms with Crippen LogP contribution >= 0.6 is 0 Å². The molecule has 1 aliphatic rings. The van der Waals surface area contributed by atoms with Crippen molar-refractivity contribution < 1.29 is 0 Å². The SMILES string of the molecule is CCCC(CC)C1CC(C)(C)NC(C)(CC)C1. The Morgan fingerprint density at radius 1 is 1.12 bits per heavy atom. The van der Waals surface area contributed by atoms with E-state index >= 15 is 0 Å². The molecule has 1 aliphatic heterocycles. The minimum absolute atomic E-state index is 0.314. The highest BCUT2D eigenvalue weighted by atomic mass is 15.1. The lowest BCUT2D eigenvalue weighted by Gasteiger charge is -2.50. The smallest absolute Gasteiger partial charge is 0.0158 e. The molecule has 0 aromatic rings. The summed E-state index contributed by atoms with van der Waals surface area (Å²) in [4.78, 5) is 0. The summed E-state index contributed by atoms with van der Waals surface area (Å²) >= 11 is 0. The Bertz CT molecular complexity index is 234. The first-order valence-electron chi connectivity index (χ1n) is 7.65. The zero-order valence-corrected chi connectivity index (χ0v) is 12.9. The Morgan fingerprint density at radius 3 is 2.24 bits per heavy atom. The van der Waals surface area contributed by atoms with Crippen molar-refractivity contribution >= 4 is 0 Å². The van der Waals surface area contributed by atoms with E-state index in [1.165, 1.54) is 38.5 Å². The molecule has 1 saturated heterocycles. The minimum atomic E-state index is 0.314. The highest BCUT2D eigenvalue weighted by Crippen LogP contribution is 2.40. The molecule has 1 heteroatoms. The van der Waals surface area contributed by atoms with E-state index in [0.29, 0.717) is 11.1 Å². The van der Waals surface area contributed by atoms with Crippen LogP contribution in [0.15, 0.2) is 0 Å². The van der Waals surface area contributed by atoms with Gasteiger partial charge < -0.3 is 5.32 Å². The van der Waals surface area contributed by atoms with E-state index in [-0.39, 0.29) is 0 Å². The quantitative estimate of drug-likeness (QED) is 0.729. The maximum absolute atomic E-state index is 3.87. The van der Waals surface area contributed by atoms with Crippen LogP contribution in [-0.4, -0.2) is 11.1 Å². The highest BCUT2D eigenvalue weighted by molar-refractivity contribution is 4.99. The van der Waals surface area contributed by atoms with Gasteiger partial charge in [-0.2, -0.15) is 0 Å². The van der Waals surface area contributed by atoms with Crippen LogP contribution in [0.5, 0.6) is 0 Å². The van der Waals surface area contributed by atoms with E-state index in [0.717, 1.165) is 11.8 Å². The second-order valence-electron chi connectivity index (χ2n) is 7.05. The van der Waals surface area contributed by atoms with Crippen molar-refractivity contribution in [3.8, 4) is 0 Å². The molecule has 1 heterocycles. The van der Waals surface area contributed by atoms with E-state index in [2.05, 4.69) is 46.9 Å². The van der Waals surface area contributed by atoms with Crippen LogP contribution in [0.1, 0.15) is 80.1 Å². The maximum Gasteiger partial charge on any atom is 0.0158 e. The van der Waals surface area contributed by atoms with Gasteiger partial charge in [0.15, 0.2) is 0 Å². The Kier molecular flexibility index (Phi) is 5.07. The van der Waals surface area contributed by atoms with Gasteiger partial charge in [0.05, 0.1) is 0 Å². The van der Waals surface area contributed by atoms with Crippen molar-refractivity contribution in [2.24, 2.45) is 11.8 Å². The lowest BCUT2D eigenvalue weighted by Crippen LogP contribution is -2.59. The van der Waals surface area contributed by atoms with Crippen LogP contribution in [0.25, 0.3) is 0 Å². The lowest BCUT2D eigenvalue weighted by atomic mass is 9.68. The summed E-state index contributed by atoms with van der Waals surface area (Å²) in [5, 5.41) is 3.87. The molecule has 3 unspecified atom stereocenters. The molecule has 0 aromatic carbocycles. The molecule has 3 atom stereocenters. The normalized spacial score (nSPS) is 34.6. The van der Waals surface area contributed by atoms with Gasteiger partial charge in [-0.1, -0.05) is 40.0 Å². The van der Waals surface area contributed by atoms with Gasteiger partial charge in [-0.3, -0.25) is 0 Å². The summed E-state index contributed by atoms with van der Waals surface area (Å²) in [5.74, 6) is 1.85. The third-order valence-corrected chi connectivity index (χ3v) is 4.76. The van der Waals surface area contributed by atoms with Gasteiger partial charge in [-0.05, 0) is 51.9 Å². The van der Waals surface area contributed by atoms with Crippen LogP contribution < -0.4 is 5.32 Å². The van der Waals surface area contributed by atoms with Crippen molar-refractivity contribution in [3.63, 3.8) is 0 Å². The van der Waals surface area contributed by atoms with Crippen LogP contribution in [0.2, 0.25) is 0 Å². The fraction of sp³-hybridized carbons (Fsp3) is 1.00. The second kappa shape index (κ2) is 5.73. The summed E-state index contributed by atoms with van der Waals surface area (Å²) in [6.45, 7) is 14.2. The van der Waals surface area contributed by atoms with E-state index in [1.54, 1.807) is 0 Å². The van der Waals surface area contributed by atoms with Gasteiger partial charge in [-0.25, -0.2) is 0 Å². The number of hydrogen-bond donors (Lipinski definition) is 1. The largest absolute Gasteiger partial charge is 0.307 e. The summed E-state index contributed by atoms with van der Waals surface area (Å²) in [5.41, 5.74) is 0.669. The fourth-order valence-electron chi connectivity index (χ4n) is 3.94. The standard InChI is InChI=1S/C16H33N/c1-7-10-13(8-2)14-11-15(4,5)17-16(6,9-3)12-14/h13-14,17H,7-12H2,1-6H3. The molecule has 0 bridgehead atoms. The zero-order chi connectivity index (χ0) is 13.1. The van der Waals surface area contributed by atoms with Crippen molar-refractivity contribution in [2.45, 2.75) is 91.1 Å². The van der Waals surface area contributed by atoms with E-state index in [9.17, 15) is 0 Å². The van der Waals surface area contributed by atoms with E-state index < -0.39 is 0 Å². The number of piperidine rings is 1. The van der Waals surface area contributed by atoms with Crippen LogP contribution in [0, 0.1) is 11.8 Å². The molecule has 1 nitrogen and oxygen atoms in total. The Hall–Kier alpha value is -0.0400. The second-order valence-corrected chi connectivity index (χ2v) is 7.05. The molecule has 0 aromatic heterocycles. The predicted molar refractivity (Wildman–Crippen MR) is 77.3 cm³/mol. The van der Waals surface area contributed by atoms with Crippen molar-refractivity contribution in [2.75, 3.05) is 0 Å². The molecule has 0 spiro atoms. The predicted octanol–water partition coefficient (Wildman–Crippen LogP) is 4.76. The molecule has 0 radical (unpaired) electrons. The van der Waals surface area contributed by atoms with Crippen molar-refractivity contribution in [1.29, 1.82) is 0 Å². The molecule has 1 rings (SSSR count). The summed E-state index contributed by atoms with van der Waals surface area (Å²) < 4.78 is 0. The number of nitrogens with one attached hydrogen (secondary N) is 1. The molecule has 0 saturated carbocycles. The summed E-state index contributed by atoms with van der Waals surface area (Å²) in [6, 6.07) is 0. The number of hydrogen-bond acceptors (Lipinski definition) is 1. The molecule has 102 valence electrons. The molecule has 1 fully saturated rings. The highest BCUT2D eigenvalue weighted by Gasteiger charge is 2.41. The van der Waals surface area contributed by atoms with Gasteiger partial charge in [0.25, 0.3) is 0 Å². The van der Waals surface area contributed by atoms with E-state index in [4.69, 9.17) is 0 Å². The summed E-state index contributed by atoms with van der Waals surface area (Å²) in [6.07, 6.45) is 8.07. The zero-order valence-electron chi connectivity index (χ0n) is 12.9. The Morgan fingerprint density at radius 2 is 1.76 bits per heavy atom. The van der Waals surface area contributed by atoms with Crippen LogP contribution in [0.4, 0.5) is 0 Å². The maximum atomic E-state index is 3.87. The van der Waals surface area contributed by atoms with Crippen molar-refractivity contribution in [1.82, 2.24) is 5.32 Å². The average molecular weight is 239 g/mol. The first-order valence-corrected chi connectivity index (χ1v) is 7.65. The number of rotatable bonds is 5. The lowest BCUT2D eigenvalue weighted by molar-refractivity contribution is 0.0752. The Balaban J connectivity index is 2.78. The van der Waals surface area contributed by atoms with Gasteiger partial charge in [0, 0.05) is 11.1 Å². The van der Waals surface area contributed by atoms with Crippen LogP contribution in [0.3, 0.4) is 0 Å². The van der Waals surface area contributed by atoms with E-state index in [1.807, 2.05) is 0 Å². The van der Waals surface area contributed by atoms with Gasteiger partial charge >= 0.3 is 0 Å². The monoisotopic (exact) mass is 239 g/mol. The topological polar surface area (TPSA) is 12.0 Å². The van der Waals surface area contributed by atoms with Gasteiger partial charge in [0.1, 0.15) is 0 Å². The van der Waals surface area contributed by atoms with Gasteiger partial charge in [0.2, 0.25) is 0 Å². The molecule has 0 aliphatic carbocycles. The molecule has 1 N–H and O–H groups in total. The first-order chi connectivity index (χ1) is 7.86. The minimum Gasteiger partial charge on any atom is -0.307 e. The third kappa shape index (κ3) is 3.98. The van der Waals surface area contributed by atoms with Crippen LogP contribution in [-0.2, 0) is 0 Å². The molecule has 0 amide bonds.